The summed E-state index contributed by atoms with van der Waals surface area (Å²) in [5, 5.41) is 7.30. The Hall–Kier alpha value is -5.60. The Balaban J connectivity index is 1.31. The van der Waals surface area contributed by atoms with Gasteiger partial charge in [-0.05, 0) is 86.6 Å². The van der Waals surface area contributed by atoms with E-state index in [2.05, 4.69) is 138 Å². The van der Waals surface area contributed by atoms with Gasteiger partial charge >= 0.3 is 0 Å². The molecule has 2 aromatic heterocycles. The van der Waals surface area contributed by atoms with E-state index in [9.17, 15) is 0 Å². The number of aromatic nitrogens is 1. The van der Waals surface area contributed by atoms with Crippen LogP contribution in [0.5, 0.6) is 0 Å². The van der Waals surface area contributed by atoms with Gasteiger partial charge in [0.25, 0.3) is 0 Å². The van der Waals surface area contributed by atoms with E-state index in [0.717, 1.165) is 38.5 Å². The third-order valence-corrected chi connectivity index (χ3v) is 9.15. The molecule has 0 aliphatic heterocycles. The highest BCUT2D eigenvalue weighted by molar-refractivity contribution is 6.25. The van der Waals surface area contributed by atoms with E-state index in [1.165, 1.54) is 55.1 Å². The van der Waals surface area contributed by atoms with Gasteiger partial charge in [-0.1, -0.05) is 97.1 Å². The molecule has 1 aliphatic rings. The van der Waals surface area contributed by atoms with E-state index in [4.69, 9.17) is 4.42 Å². The van der Waals surface area contributed by atoms with Crippen molar-refractivity contribution in [1.82, 2.24) is 4.57 Å². The summed E-state index contributed by atoms with van der Waals surface area (Å²) in [6, 6.07) is 50.5. The molecule has 2 nitrogen and oxygen atoms in total. The van der Waals surface area contributed by atoms with Crippen molar-refractivity contribution in [2.24, 2.45) is 0 Å². The van der Waals surface area contributed by atoms with Crippen molar-refractivity contribution in [3.63, 3.8) is 0 Å². The Bertz CT molecular complexity index is 2530. The molecule has 0 N–H and O–H groups in total. The molecule has 7 aromatic carbocycles. The average molecular weight is 534 g/mol. The maximum absolute atomic E-state index is 6.60. The number of hydrogen-bond acceptors (Lipinski definition) is 1. The molecule has 0 spiro atoms. The first-order valence-electron chi connectivity index (χ1n) is 14.4. The quantitative estimate of drug-likeness (QED) is 0.216. The van der Waals surface area contributed by atoms with Crippen LogP contribution >= 0.6 is 0 Å². The topological polar surface area (TPSA) is 18.1 Å². The lowest BCUT2D eigenvalue weighted by Crippen LogP contribution is -1.93. The second kappa shape index (κ2) is 7.99. The van der Waals surface area contributed by atoms with Crippen molar-refractivity contribution in [1.29, 1.82) is 0 Å². The van der Waals surface area contributed by atoms with E-state index in [0.29, 0.717) is 0 Å². The smallest absolute Gasteiger partial charge is 0.145 e. The van der Waals surface area contributed by atoms with Crippen LogP contribution in [0, 0.1) is 0 Å². The van der Waals surface area contributed by atoms with Crippen molar-refractivity contribution < 1.29 is 4.42 Å². The van der Waals surface area contributed by atoms with Crippen LogP contribution in [0.4, 0.5) is 0 Å². The minimum Gasteiger partial charge on any atom is -0.455 e. The lowest BCUT2D eigenvalue weighted by atomic mass is 9.93. The van der Waals surface area contributed by atoms with Crippen LogP contribution in [0.3, 0.4) is 0 Å². The van der Waals surface area contributed by atoms with E-state index >= 15 is 0 Å². The summed E-state index contributed by atoms with van der Waals surface area (Å²) in [4.78, 5) is 0. The molecule has 0 atom stereocenters. The van der Waals surface area contributed by atoms with Gasteiger partial charge in [0.2, 0.25) is 0 Å². The fourth-order valence-electron chi connectivity index (χ4n) is 7.37. The molecule has 2 heterocycles. The van der Waals surface area contributed by atoms with Crippen molar-refractivity contribution in [3.8, 4) is 39.1 Å². The summed E-state index contributed by atoms with van der Waals surface area (Å²) in [5.74, 6) is 0. The Morgan fingerprint density at radius 2 is 1.10 bits per heavy atom. The van der Waals surface area contributed by atoms with E-state index < -0.39 is 0 Å². The number of fused-ring (bicyclic) bond motifs is 10. The largest absolute Gasteiger partial charge is 0.455 e. The zero-order valence-electron chi connectivity index (χ0n) is 22.6. The SMILES string of the molecule is c1ccc(-n2c3ccc(-c4ccc5c6c(cccc46)-c4ccccc4-5)cc3c3c4oc5ccccc5c4ccc32)cc1. The van der Waals surface area contributed by atoms with Crippen molar-refractivity contribution in [2.75, 3.05) is 0 Å². The van der Waals surface area contributed by atoms with Crippen LogP contribution in [0.15, 0.2) is 144 Å². The van der Waals surface area contributed by atoms with Crippen molar-refractivity contribution in [3.05, 3.63) is 140 Å². The highest BCUT2D eigenvalue weighted by Gasteiger charge is 2.23. The summed E-state index contributed by atoms with van der Waals surface area (Å²) in [6.07, 6.45) is 0. The lowest BCUT2D eigenvalue weighted by molar-refractivity contribution is 0.673. The molecule has 0 fully saturated rings. The molecule has 194 valence electrons. The number of benzene rings is 7. The summed E-state index contributed by atoms with van der Waals surface area (Å²) < 4.78 is 8.97. The summed E-state index contributed by atoms with van der Waals surface area (Å²) >= 11 is 0. The fourth-order valence-corrected chi connectivity index (χ4v) is 7.37. The minimum atomic E-state index is 0.920. The normalized spacial score (nSPS) is 12.3. The molecular weight excluding hydrogens is 510 g/mol. The number of rotatable bonds is 2. The van der Waals surface area contributed by atoms with E-state index in [1.807, 2.05) is 6.07 Å². The molecule has 0 unspecified atom stereocenters. The molecule has 42 heavy (non-hydrogen) atoms. The van der Waals surface area contributed by atoms with E-state index in [1.54, 1.807) is 0 Å². The molecule has 0 amide bonds. The molecule has 10 rings (SSSR count). The summed E-state index contributed by atoms with van der Waals surface area (Å²) in [5.41, 5.74) is 13.1. The average Bonchev–Trinajstić information content (AvgIpc) is 3.70. The predicted octanol–water partition coefficient (Wildman–Crippen LogP) is 11.2. The van der Waals surface area contributed by atoms with Gasteiger partial charge in [-0.15, -0.1) is 0 Å². The second-order valence-electron chi connectivity index (χ2n) is 11.3. The number of para-hydroxylation sites is 2. The zero-order chi connectivity index (χ0) is 27.4. The first-order valence-corrected chi connectivity index (χ1v) is 14.4. The zero-order valence-corrected chi connectivity index (χ0v) is 22.6. The monoisotopic (exact) mass is 533 g/mol. The first kappa shape index (κ1) is 22.1. The van der Waals surface area contributed by atoms with Crippen LogP contribution in [0.2, 0.25) is 0 Å². The van der Waals surface area contributed by atoms with Gasteiger partial charge in [-0.2, -0.15) is 0 Å². The van der Waals surface area contributed by atoms with Crippen molar-refractivity contribution in [2.45, 2.75) is 0 Å². The highest BCUT2D eigenvalue weighted by atomic mass is 16.3. The minimum absolute atomic E-state index is 0.920. The fraction of sp³-hybridized carbons (Fsp3) is 0. The number of hydrogen-bond donors (Lipinski definition) is 0. The van der Waals surface area contributed by atoms with Gasteiger partial charge in [-0.25, -0.2) is 0 Å². The van der Waals surface area contributed by atoms with Crippen LogP contribution in [0.25, 0.3) is 93.6 Å². The molecule has 2 heteroatoms. The Labute approximate surface area is 241 Å². The van der Waals surface area contributed by atoms with Crippen LogP contribution in [-0.4, -0.2) is 4.57 Å². The molecule has 0 saturated carbocycles. The van der Waals surface area contributed by atoms with Gasteiger partial charge < -0.3 is 8.98 Å². The molecular formula is C40H23NO. The standard InChI is InChI=1S/C40H23NO/c1-2-9-25(10-3-1)41-35-21-17-24(23-34(35)39-36(41)22-20-33-29-13-6-7-16-37(29)42-40(33)39)26-18-19-32-28-12-5-4-11-27(28)31-15-8-14-30(26)38(31)32/h1-23H. The predicted molar refractivity (Wildman–Crippen MR) is 175 cm³/mol. The lowest BCUT2D eigenvalue weighted by Gasteiger charge is -2.11. The third kappa shape index (κ3) is 2.78. The second-order valence-corrected chi connectivity index (χ2v) is 11.3. The first-order chi connectivity index (χ1) is 20.8. The molecule has 1 aliphatic carbocycles. The van der Waals surface area contributed by atoms with Crippen LogP contribution in [-0.2, 0) is 0 Å². The van der Waals surface area contributed by atoms with Gasteiger partial charge in [0.05, 0.1) is 16.4 Å². The number of furan rings is 1. The molecule has 0 bridgehead atoms. The third-order valence-electron chi connectivity index (χ3n) is 9.15. The van der Waals surface area contributed by atoms with E-state index in [-0.39, 0.29) is 0 Å². The molecule has 0 saturated heterocycles. The van der Waals surface area contributed by atoms with Crippen LogP contribution < -0.4 is 0 Å². The maximum Gasteiger partial charge on any atom is 0.145 e. The highest BCUT2D eigenvalue weighted by Crippen LogP contribution is 2.49. The number of nitrogens with zero attached hydrogens (tertiary/aromatic N) is 1. The van der Waals surface area contributed by atoms with Gasteiger partial charge in [0.1, 0.15) is 11.2 Å². The van der Waals surface area contributed by atoms with Gasteiger partial charge in [-0.3, -0.25) is 0 Å². The maximum atomic E-state index is 6.60. The summed E-state index contributed by atoms with van der Waals surface area (Å²) in [6.45, 7) is 0. The van der Waals surface area contributed by atoms with Gasteiger partial charge in [0, 0.05) is 21.8 Å². The summed E-state index contributed by atoms with van der Waals surface area (Å²) in [7, 11) is 0. The Morgan fingerprint density at radius 1 is 0.405 bits per heavy atom. The Kier molecular flexibility index (Phi) is 4.21. The van der Waals surface area contributed by atoms with Gasteiger partial charge in [0.15, 0.2) is 0 Å². The van der Waals surface area contributed by atoms with Crippen molar-refractivity contribution >= 4 is 54.5 Å². The molecule has 0 radical (unpaired) electrons. The molecule has 9 aromatic rings. The Morgan fingerprint density at radius 3 is 1.98 bits per heavy atom. The van der Waals surface area contributed by atoms with Crippen LogP contribution in [0.1, 0.15) is 0 Å².